The molecule has 5 heteroatoms. The Balaban J connectivity index is 1.64. The summed E-state index contributed by atoms with van der Waals surface area (Å²) in [5.74, 6) is -0.248. The fraction of sp³-hybridized carbons (Fsp3) is 0.143. The molecule has 0 atom stereocenters. The zero-order valence-electron chi connectivity index (χ0n) is 13.9. The van der Waals surface area contributed by atoms with Crippen molar-refractivity contribution in [1.29, 1.82) is 0 Å². The maximum atomic E-state index is 13.9. The molecule has 2 nitrogen and oxygen atoms in total. The summed E-state index contributed by atoms with van der Waals surface area (Å²) in [5.41, 5.74) is 4.07. The second-order valence-electron chi connectivity index (χ2n) is 6.30. The predicted molar refractivity (Wildman–Crippen MR) is 109 cm³/mol. The molecule has 0 radical (unpaired) electrons. The normalized spacial score (nSPS) is 13.7. The van der Waals surface area contributed by atoms with Gasteiger partial charge in [-0.15, -0.1) is 22.7 Å². The molecule has 2 aromatic carbocycles. The quantitative estimate of drug-likeness (QED) is 0.379. The second-order valence-corrected chi connectivity index (χ2v) is 8.42. The largest absolute Gasteiger partial charge is 0.245 e. The highest BCUT2D eigenvalue weighted by molar-refractivity contribution is 7.22. The number of benzene rings is 2. The van der Waals surface area contributed by atoms with Gasteiger partial charge in [-0.25, -0.2) is 14.4 Å². The van der Waals surface area contributed by atoms with Crippen LogP contribution in [0.3, 0.4) is 0 Å². The Morgan fingerprint density at radius 2 is 1.85 bits per heavy atom. The first-order chi connectivity index (χ1) is 12.8. The number of halogens is 1. The molecular weight excluding hydrogens is 363 g/mol. The third kappa shape index (κ3) is 2.68. The summed E-state index contributed by atoms with van der Waals surface area (Å²) in [6, 6.07) is 14.9. The van der Waals surface area contributed by atoms with Gasteiger partial charge in [0.15, 0.2) is 0 Å². The zero-order valence-corrected chi connectivity index (χ0v) is 15.5. The van der Waals surface area contributed by atoms with Crippen LogP contribution in [0.15, 0.2) is 53.5 Å². The number of aryl methyl sites for hydroxylation is 1. The summed E-state index contributed by atoms with van der Waals surface area (Å²) in [7, 11) is 0. The molecule has 0 aliphatic heterocycles. The van der Waals surface area contributed by atoms with Crippen molar-refractivity contribution in [2.45, 2.75) is 19.3 Å². The van der Waals surface area contributed by atoms with Crippen LogP contribution in [0.25, 0.3) is 20.8 Å². The van der Waals surface area contributed by atoms with Crippen molar-refractivity contribution in [2.75, 3.05) is 0 Å². The van der Waals surface area contributed by atoms with Crippen LogP contribution in [0.5, 0.6) is 0 Å². The summed E-state index contributed by atoms with van der Waals surface area (Å²) in [6.07, 6.45) is 5.00. The number of para-hydroxylation sites is 1. The second kappa shape index (κ2) is 6.41. The SMILES string of the molecule is Fc1ccccc1/C=N/c1sc2c(c1-c1nc3ccccc3s1)CCC2. The van der Waals surface area contributed by atoms with E-state index < -0.39 is 0 Å². The number of thiazole rings is 1. The molecule has 0 N–H and O–H groups in total. The number of thiophene rings is 1. The monoisotopic (exact) mass is 378 g/mol. The Kier molecular flexibility index (Phi) is 3.91. The van der Waals surface area contributed by atoms with Crippen molar-refractivity contribution in [2.24, 2.45) is 4.99 Å². The molecule has 1 aliphatic rings. The Labute approximate surface area is 158 Å². The minimum atomic E-state index is -0.248. The first kappa shape index (κ1) is 15.9. The number of fused-ring (bicyclic) bond motifs is 2. The maximum absolute atomic E-state index is 13.9. The van der Waals surface area contributed by atoms with E-state index >= 15 is 0 Å². The number of nitrogens with zero attached hydrogens (tertiary/aromatic N) is 2. The van der Waals surface area contributed by atoms with E-state index in [1.807, 2.05) is 24.3 Å². The van der Waals surface area contributed by atoms with E-state index in [-0.39, 0.29) is 5.82 Å². The van der Waals surface area contributed by atoms with Crippen LogP contribution in [-0.4, -0.2) is 11.2 Å². The molecule has 26 heavy (non-hydrogen) atoms. The van der Waals surface area contributed by atoms with Gasteiger partial charge in [0.1, 0.15) is 15.8 Å². The van der Waals surface area contributed by atoms with E-state index in [1.54, 1.807) is 41.0 Å². The van der Waals surface area contributed by atoms with Gasteiger partial charge in [0.2, 0.25) is 0 Å². The Bertz CT molecular complexity index is 1110. The molecule has 0 bridgehead atoms. The highest BCUT2D eigenvalue weighted by Gasteiger charge is 2.25. The fourth-order valence-corrected chi connectivity index (χ4v) is 5.73. The topological polar surface area (TPSA) is 25.2 Å². The van der Waals surface area contributed by atoms with E-state index in [0.717, 1.165) is 33.9 Å². The van der Waals surface area contributed by atoms with Crippen LogP contribution in [0.4, 0.5) is 9.39 Å². The number of aliphatic imine (C=N–C) groups is 1. The number of rotatable bonds is 3. The molecule has 0 saturated carbocycles. The van der Waals surface area contributed by atoms with Crippen molar-refractivity contribution in [1.82, 2.24) is 4.98 Å². The molecule has 128 valence electrons. The van der Waals surface area contributed by atoms with Gasteiger partial charge in [0, 0.05) is 16.7 Å². The lowest BCUT2D eigenvalue weighted by Gasteiger charge is -2.00. The molecule has 1 aliphatic carbocycles. The lowest BCUT2D eigenvalue weighted by molar-refractivity contribution is 0.626. The van der Waals surface area contributed by atoms with E-state index in [9.17, 15) is 4.39 Å². The third-order valence-corrected chi connectivity index (χ3v) is 6.89. The molecule has 4 aromatic rings. The molecule has 0 spiro atoms. The first-order valence-corrected chi connectivity index (χ1v) is 10.2. The summed E-state index contributed by atoms with van der Waals surface area (Å²) < 4.78 is 15.1. The third-order valence-electron chi connectivity index (χ3n) is 4.64. The van der Waals surface area contributed by atoms with E-state index in [2.05, 4.69) is 11.1 Å². The van der Waals surface area contributed by atoms with Gasteiger partial charge in [-0.3, -0.25) is 0 Å². The standard InChI is InChI=1S/C21H15FN2S2/c22-15-8-2-1-6-13(15)12-23-20-19(14-7-5-11-17(14)25-20)21-24-16-9-3-4-10-18(16)26-21/h1-4,6,8-10,12H,5,7,11H2/b23-12+. The van der Waals surface area contributed by atoms with Crippen LogP contribution in [-0.2, 0) is 12.8 Å². The van der Waals surface area contributed by atoms with Crippen molar-refractivity contribution < 1.29 is 4.39 Å². The van der Waals surface area contributed by atoms with Crippen LogP contribution < -0.4 is 0 Å². The van der Waals surface area contributed by atoms with Crippen molar-refractivity contribution >= 4 is 44.1 Å². The van der Waals surface area contributed by atoms with Gasteiger partial charge >= 0.3 is 0 Å². The molecule has 2 heterocycles. The zero-order chi connectivity index (χ0) is 17.5. The summed E-state index contributed by atoms with van der Waals surface area (Å²) in [6.45, 7) is 0. The van der Waals surface area contributed by atoms with Gasteiger partial charge in [-0.2, -0.15) is 0 Å². The van der Waals surface area contributed by atoms with Gasteiger partial charge in [0.25, 0.3) is 0 Å². The van der Waals surface area contributed by atoms with Gasteiger partial charge < -0.3 is 0 Å². The molecule has 0 fully saturated rings. The first-order valence-electron chi connectivity index (χ1n) is 8.58. The van der Waals surface area contributed by atoms with Gasteiger partial charge in [0.05, 0.1) is 15.8 Å². The fourth-order valence-electron chi connectivity index (χ4n) is 3.39. The van der Waals surface area contributed by atoms with Crippen LogP contribution >= 0.6 is 22.7 Å². The molecule has 5 rings (SSSR count). The van der Waals surface area contributed by atoms with Crippen molar-refractivity contribution in [3.05, 3.63) is 70.4 Å². The van der Waals surface area contributed by atoms with Crippen molar-refractivity contribution in [3.8, 4) is 10.6 Å². The van der Waals surface area contributed by atoms with Crippen LogP contribution in [0.1, 0.15) is 22.4 Å². The highest BCUT2D eigenvalue weighted by Crippen LogP contribution is 2.48. The van der Waals surface area contributed by atoms with Crippen LogP contribution in [0, 0.1) is 5.82 Å². The number of aromatic nitrogens is 1. The molecule has 2 aromatic heterocycles. The van der Waals surface area contributed by atoms with E-state index in [0.29, 0.717) is 5.56 Å². The molecule has 0 amide bonds. The number of hydrogen-bond donors (Lipinski definition) is 0. The predicted octanol–water partition coefficient (Wildman–Crippen LogP) is 6.40. The lowest BCUT2D eigenvalue weighted by Crippen LogP contribution is -1.86. The Morgan fingerprint density at radius 1 is 1.00 bits per heavy atom. The number of hydrogen-bond acceptors (Lipinski definition) is 4. The summed E-state index contributed by atoms with van der Waals surface area (Å²) >= 11 is 3.43. The summed E-state index contributed by atoms with van der Waals surface area (Å²) in [5, 5.41) is 1.96. The Hall–Kier alpha value is -2.37. The van der Waals surface area contributed by atoms with Gasteiger partial charge in [-0.1, -0.05) is 30.3 Å². The smallest absolute Gasteiger partial charge is 0.131 e. The average Bonchev–Trinajstić information content (AvgIpc) is 3.34. The van der Waals surface area contributed by atoms with Crippen LogP contribution in [0.2, 0.25) is 0 Å². The minimum absolute atomic E-state index is 0.248. The van der Waals surface area contributed by atoms with E-state index in [1.165, 1.54) is 27.6 Å². The maximum Gasteiger partial charge on any atom is 0.131 e. The van der Waals surface area contributed by atoms with Gasteiger partial charge in [-0.05, 0) is 43.0 Å². The minimum Gasteiger partial charge on any atom is -0.245 e. The molecule has 0 saturated heterocycles. The van der Waals surface area contributed by atoms with Crippen molar-refractivity contribution in [3.63, 3.8) is 0 Å². The lowest BCUT2D eigenvalue weighted by atomic mass is 10.1. The molecule has 0 unspecified atom stereocenters. The summed E-state index contributed by atoms with van der Waals surface area (Å²) in [4.78, 5) is 10.9. The van der Waals surface area contributed by atoms with E-state index in [4.69, 9.17) is 4.98 Å². The Morgan fingerprint density at radius 3 is 2.73 bits per heavy atom. The molecular formula is C21H15FN2S2. The average molecular weight is 378 g/mol. The highest BCUT2D eigenvalue weighted by atomic mass is 32.1.